The number of imidazole rings is 1. The zero-order valence-electron chi connectivity index (χ0n) is 11.7. The highest BCUT2D eigenvalue weighted by atomic mass is 16.4. The van der Waals surface area contributed by atoms with Crippen molar-refractivity contribution in [2.24, 2.45) is 5.92 Å². The molecule has 7 nitrogen and oxygen atoms in total. The number of hydrogen-bond acceptors (Lipinski definition) is 4. The summed E-state index contributed by atoms with van der Waals surface area (Å²) < 4.78 is 7.07. The first-order valence-electron chi connectivity index (χ1n) is 7.13. The summed E-state index contributed by atoms with van der Waals surface area (Å²) in [7, 11) is 0. The number of oxazole rings is 1. The van der Waals surface area contributed by atoms with Crippen LogP contribution in [0.3, 0.4) is 0 Å². The molecule has 1 aliphatic heterocycles. The lowest BCUT2D eigenvalue weighted by atomic mass is 9.97. The third kappa shape index (κ3) is 2.20. The van der Waals surface area contributed by atoms with Crippen molar-refractivity contribution < 1.29 is 9.21 Å². The molecule has 1 aromatic carbocycles. The monoisotopic (exact) mass is 298 g/mol. The van der Waals surface area contributed by atoms with Crippen LogP contribution in [0.25, 0.3) is 11.1 Å². The highest BCUT2D eigenvalue weighted by molar-refractivity contribution is 5.94. The average Bonchev–Trinajstić information content (AvgIpc) is 3.10. The van der Waals surface area contributed by atoms with Crippen LogP contribution >= 0.6 is 0 Å². The summed E-state index contributed by atoms with van der Waals surface area (Å²) in [6, 6.07) is 5.10. The molecular weight excluding hydrogens is 284 g/mol. The summed E-state index contributed by atoms with van der Waals surface area (Å²) in [5.74, 6) is 0.311. The third-order valence-corrected chi connectivity index (χ3v) is 4.01. The number of H-pyrrole nitrogens is 1. The van der Waals surface area contributed by atoms with Gasteiger partial charge in [0.05, 0.1) is 5.52 Å². The molecule has 3 heterocycles. The van der Waals surface area contributed by atoms with Crippen molar-refractivity contribution in [3.05, 3.63) is 47.0 Å². The molecule has 1 unspecified atom stereocenters. The van der Waals surface area contributed by atoms with E-state index in [4.69, 9.17) is 4.42 Å². The lowest BCUT2D eigenvalue weighted by molar-refractivity contribution is -0.120. The van der Waals surface area contributed by atoms with Crippen LogP contribution < -0.4 is 11.1 Å². The summed E-state index contributed by atoms with van der Waals surface area (Å²) in [5.41, 5.74) is 1.67. The maximum Gasteiger partial charge on any atom is 0.417 e. The zero-order valence-corrected chi connectivity index (χ0v) is 11.7. The molecule has 0 radical (unpaired) electrons. The van der Waals surface area contributed by atoms with Crippen LogP contribution in [0.15, 0.2) is 39.8 Å². The molecule has 0 saturated carbocycles. The number of rotatable bonds is 2. The number of carbonyl (C=O) groups is 1. The van der Waals surface area contributed by atoms with Crippen molar-refractivity contribution in [1.29, 1.82) is 0 Å². The van der Waals surface area contributed by atoms with E-state index < -0.39 is 5.76 Å². The first-order valence-corrected chi connectivity index (χ1v) is 7.13. The molecule has 22 heavy (non-hydrogen) atoms. The van der Waals surface area contributed by atoms with Crippen molar-refractivity contribution >= 4 is 22.7 Å². The highest BCUT2D eigenvalue weighted by Crippen LogP contribution is 2.22. The van der Waals surface area contributed by atoms with Crippen molar-refractivity contribution in [2.75, 3.05) is 5.32 Å². The van der Waals surface area contributed by atoms with E-state index in [2.05, 4.69) is 19.9 Å². The van der Waals surface area contributed by atoms with Crippen LogP contribution in [0, 0.1) is 5.92 Å². The Kier molecular flexibility index (Phi) is 2.85. The van der Waals surface area contributed by atoms with E-state index in [-0.39, 0.29) is 11.8 Å². The van der Waals surface area contributed by atoms with Gasteiger partial charge in [-0.05, 0) is 18.6 Å². The van der Waals surface area contributed by atoms with Crippen LogP contribution in [0.2, 0.25) is 0 Å². The quantitative estimate of drug-likeness (QED) is 0.750. The Bertz CT molecular complexity index is 905. The van der Waals surface area contributed by atoms with Crippen LogP contribution in [0.5, 0.6) is 0 Å². The molecule has 0 aliphatic carbocycles. The zero-order chi connectivity index (χ0) is 15.1. The van der Waals surface area contributed by atoms with Gasteiger partial charge in [0.25, 0.3) is 0 Å². The number of benzene rings is 1. The van der Waals surface area contributed by atoms with E-state index in [1.54, 1.807) is 24.4 Å². The number of aryl methyl sites for hydroxylation is 1. The second-order valence-corrected chi connectivity index (χ2v) is 5.44. The fourth-order valence-electron chi connectivity index (χ4n) is 2.84. The molecule has 2 aromatic heterocycles. The van der Waals surface area contributed by atoms with E-state index in [1.807, 2.05) is 6.20 Å². The summed E-state index contributed by atoms with van der Waals surface area (Å²) in [5, 5.41) is 2.88. The van der Waals surface area contributed by atoms with Gasteiger partial charge in [0.15, 0.2) is 5.58 Å². The molecule has 1 amide bonds. The van der Waals surface area contributed by atoms with Gasteiger partial charge in [0.1, 0.15) is 5.82 Å². The molecule has 2 N–H and O–H groups in total. The first kappa shape index (κ1) is 12.9. The molecule has 7 heteroatoms. The predicted molar refractivity (Wildman–Crippen MR) is 79.5 cm³/mol. The fourth-order valence-corrected chi connectivity index (χ4v) is 2.84. The molecule has 0 saturated heterocycles. The Hall–Kier alpha value is -2.83. The minimum absolute atomic E-state index is 0.0357. The first-order chi connectivity index (χ1) is 10.7. The molecule has 0 fully saturated rings. The molecule has 4 rings (SSSR count). The van der Waals surface area contributed by atoms with E-state index >= 15 is 0 Å². The standard InChI is InChI=1S/C15H14N4O3/c20-14(9-3-5-19-6-4-16-13(19)7-9)17-10-1-2-11-12(8-10)22-15(21)18-11/h1-2,4,6,8-9H,3,5,7H2,(H,17,20)(H,18,21). The number of carbonyl (C=O) groups excluding carboxylic acids is 1. The Balaban J connectivity index is 1.52. The number of amides is 1. The van der Waals surface area contributed by atoms with Gasteiger partial charge in [-0.3, -0.25) is 9.78 Å². The Morgan fingerprint density at radius 2 is 2.36 bits per heavy atom. The van der Waals surface area contributed by atoms with Crippen LogP contribution in [-0.2, 0) is 17.8 Å². The lowest BCUT2D eigenvalue weighted by Gasteiger charge is -2.22. The van der Waals surface area contributed by atoms with E-state index in [0.29, 0.717) is 23.2 Å². The Labute approximate surface area is 125 Å². The van der Waals surface area contributed by atoms with Crippen molar-refractivity contribution in [2.45, 2.75) is 19.4 Å². The summed E-state index contributed by atoms with van der Waals surface area (Å²) in [6.45, 7) is 0.805. The van der Waals surface area contributed by atoms with Crippen molar-refractivity contribution in [3.63, 3.8) is 0 Å². The number of hydrogen-bond donors (Lipinski definition) is 2. The summed E-state index contributed by atoms with van der Waals surface area (Å²) in [4.78, 5) is 30.4. The number of anilines is 1. The lowest BCUT2D eigenvalue weighted by Crippen LogP contribution is -2.30. The molecule has 1 atom stereocenters. The van der Waals surface area contributed by atoms with E-state index in [1.165, 1.54) is 0 Å². The number of fused-ring (bicyclic) bond motifs is 2. The number of nitrogens with zero attached hydrogens (tertiary/aromatic N) is 2. The van der Waals surface area contributed by atoms with Gasteiger partial charge < -0.3 is 14.3 Å². The summed E-state index contributed by atoms with van der Waals surface area (Å²) in [6.07, 6.45) is 5.12. The topological polar surface area (TPSA) is 92.9 Å². The average molecular weight is 298 g/mol. The van der Waals surface area contributed by atoms with Gasteiger partial charge >= 0.3 is 5.76 Å². The largest absolute Gasteiger partial charge is 0.417 e. The van der Waals surface area contributed by atoms with Crippen LogP contribution in [0.1, 0.15) is 12.2 Å². The number of aromatic nitrogens is 3. The number of nitrogens with one attached hydrogen (secondary N) is 2. The smallest absolute Gasteiger partial charge is 0.408 e. The van der Waals surface area contributed by atoms with Gasteiger partial charge in [0, 0.05) is 43.0 Å². The Morgan fingerprint density at radius 1 is 1.45 bits per heavy atom. The second-order valence-electron chi connectivity index (χ2n) is 5.44. The molecule has 1 aliphatic rings. The minimum atomic E-state index is -0.502. The maximum atomic E-state index is 12.4. The third-order valence-electron chi connectivity index (χ3n) is 4.01. The van der Waals surface area contributed by atoms with Crippen molar-refractivity contribution in [1.82, 2.24) is 14.5 Å². The summed E-state index contributed by atoms with van der Waals surface area (Å²) >= 11 is 0. The SMILES string of the molecule is O=C(Nc1ccc2[nH]c(=O)oc2c1)C1CCn2ccnc2C1. The highest BCUT2D eigenvalue weighted by Gasteiger charge is 2.25. The Morgan fingerprint density at radius 3 is 3.27 bits per heavy atom. The molecule has 112 valence electrons. The van der Waals surface area contributed by atoms with E-state index in [0.717, 1.165) is 18.8 Å². The molecular formula is C15H14N4O3. The molecule has 0 spiro atoms. The van der Waals surface area contributed by atoms with Gasteiger partial charge in [-0.2, -0.15) is 0 Å². The van der Waals surface area contributed by atoms with Crippen LogP contribution in [0.4, 0.5) is 5.69 Å². The maximum absolute atomic E-state index is 12.4. The number of aromatic amines is 1. The molecule has 3 aromatic rings. The fraction of sp³-hybridized carbons (Fsp3) is 0.267. The van der Waals surface area contributed by atoms with Gasteiger partial charge in [0.2, 0.25) is 5.91 Å². The van der Waals surface area contributed by atoms with Gasteiger partial charge in [-0.1, -0.05) is 0 Å². The second kappa shape index (κ2) is 4.87. The predicted octanol–water partition coefficient (Wildman–Crippen LogP) is 1.52. The van der Waals surface area contributed by atoms with Gasteiger partial charge in [-0.15, -0.1) is 0 Å². The van der Waals surface area contributed by atoms with Gasteiger partial charge in [-0.25, -0.2) is 9.78 Å². The van der Waals surface area contributed by atoms with Crippen molar-refractivity contribution in [3.8, 4) is 0 Å². The van der Waals surface area contributed by atoms with E-state index in [9.17, 15) is 9.59 Å². The van der Waals surface area contributed by atoms with Crippen LogP contribution in [-0.4, -0.2) is 20.4 Å². The molecule has 0 bridgehead atoms. The minimum Gasteiger partial charge on any atom is -0.408 e. The normalized spacial score (nSPS) is 17.4.